The van der Waals surface area contributed by atoms with Crippen LogP contribution in [0, 0.1) is 12.3 Å². The molecule has 2 nitrogen and oxygen atoms in total. The molecule has 1 fully saturated rings. The number of ether oxygens (including phenoxy) is 1. The standard InChI is InChI=1S/C16H23NO/c1-12-4-5-15-13(8-12)9-14(18-15)10-16(11-17-2)6-3-7-16/h4-5,8,14,17H,3,6-7,9-11H2,1-2H3. The van der Waals surface area contributed by atoms with Crippen LogP contribution >= 0.6 is 0 Å². The molecule has 1 aromatic carbocycles. The summed E-state index contributed by atoms with van der Waals surface area (Å²) < 4.78 is 6.11. The van der Waals surface area contributed by atoms with E-state index < -0.39 is 0 Å². The Kier molecular flexibility index (Phi) is 3.06. The van der Waals surface area contributed by atoms with Crippen molar-refractivity contribution in [1.29, 1.82) is 0 Å². The number of hydrogen-bond acceptors (Lipinski definition) is 2. The van der Waals surface area contributed by atoms with Crippen LogP contribution in [0.1, 0.15) is 36.8 Å². The van der Waals surface area contributed by atoms with Gasteiger partial charge in [-0.15, -0.1) is 0 Å². The van der Waals surface area contributed by atoms with Crippen molar-refractivity contribution in [3.63, 3.8) is 0 Å². The lowest BCUT2D eigenvalue weighted by atomic mass is 9.65. The van der Waals surface area contributed by atoms with Crippen molar-refractivity contribution in [3.8, 4) is 5.75 Å². The second-order valence-electron chi connectivity index (χ2n) is 6.14. The second-order valence-corrected chi connectivity index (χ2v) is 6.14. The minimum absolute atomic E-state index is 0.399. The minimum atomic E-state index is 0.399. The van der Waals surface area contributed by atoms with Gasteiger partial charge < -0.3 is 10.1 Å². The van der Waals surface area contributed by atoms with Crippen molar-refractivity contribution in [2.45, 2.75) is 45.1 Å². The molecule has 2 aliphatic rings. The Bertz CT molecular complexity index is 437. The third kappa shape index (κ3) is 2.14. The smallest absolute Gasteiger partial charge is 0.123 e. The molecular formula is C16H23NO. The Morgan fingerprint density at radius 1 is 1.39 bits per heavy atom. The van der Waals surface area contributed by atoms with Crippen molar-refractivity contribution < 1.29 is 4.74 Å². The normalized spacial score (nSPS) is 24.2. The first-order valence-corrected chi connectivity index (χ1v) is 7.12. The Hall–Kier alpha value is -1.02. The summed E-state index contributed by atoms with van der Waals surface area (Å²) in [5.74, 6) is 1.12. The SMILES string of the molecule is CNCC1(CC2Cc3cc(C)ccc3O2)CCC1. The Labute approximate surface area is 110 Å². The zero-order valence-electron chi connectivity index (χ0n) is 11.5. The fraction of sp³-hybridized carbons (Fsp3) is 0.625. The van der Waals surface area contributed by atoms with Gasteiger partial charge in [0.1, 0.15) is 11.9 Å². The van der Waals surface area contributed by atoms with E-state index in [0.717, 1.165) is 18.7 Å². The number of rotatable bonds is 4. The van der Waals surface area contributed by atoms with E-state index in [9.17, 15) is 0 Å². The average Bonchev–Trinajstić information content (AvgIpc) is 2.67. The molecular weight excluding hydrogens is 222 g/mol. The molecule has 1 N–H and O–H groups in total. The second kappa shape index (κ2) is 4.58. The van der Waals surface area contributed by atoms with Crippen molar-refractivity contribution in [2.24, 2.45) is 5.41 Å². The van der Waals surface area contributed by atoms with Crippen LogP contribution in [0.5, 0.6) is 5.75 Å². The monoisotopic (exact) mass is 245 g/mol. The molecule has 3 rings (SSSR count). The highest BCUT2D eigenvalue weighted by Gasteiger charge is 2.40. The Morgan fingerprint density at radius 3 is 2.89 bits per heavy atom. The third-order valence-electron chi connectivity index (χ3n) is 4.58. The van der Waals surface area contributed by atoms with E-state index in [-0.39, 0.29) is 0 Å². The quantitative estimate of drug-likeness (QED) is 0.880. The summed E-state index contributed by atoms with van der Waals surface area (Å²) in [4.78, 5) is 0. The predicted octanol–water partition coefficient (Wildman–Crippen LogP) is 3.08. The highest BCUT2D eigenvalue weighted by molar-refractivity contribution is 5.40. The fourth-order valence-electron chi connectivity index (χ4n) is 3.55. The van der Waals surface area contributed by atoms with Crippen LogP contribution in [-0.4, -0.2) is 19.7 Å². The predicted molar refractivity (Wildman–Crippen MR) is 74.1 cm³/mol. The van der Waals surface area contributed by atoms with E-state index >= 15 is 0 Å². The Balaban J connectivity index is 1.67. The molecule has 0 amide bonds. The first-order chi connectivity index (χ1) is 8.71. The lowest BCUT2D eigenvalue weighted by Gasteiger charge is -2.43. The maximum Gasteiger partial charge on any atom is 0.123 e. The van der Waals surface area contributed by atoms with Gasteiger partial charge >= 0.3 is 0 Å². The molecule has 0 saturated heterocycles. The molecule has 1 heterocycles. The Morgan fingerprint density at radius 2 is 2.22 bits per heavy atom. The molecule has 1 aliphatic heterocycles. The molecule has 2 heteroatoms. The number of fused-ring (bicyclic) bond motifs is 1. The van der Waals surface area contributed by atoms with Gasteiger partial charge in [0.2, 0.25) is 0 Å². The van der Waals surface area contributed by atoms with Gasteiger partial charge in [0.25, 0.3) is 0 Å². The third-order valence-corrected chi connectivity index (χ3v) is 4.58. The summed E-state index contributed by atoms with van der Waals surface area (Å²) in [6, 6.07) is 6.56. The van der Waals surface area contributed by atoms with Crippen LogP contribution in [0.2, 0.25) is 0 Å². The van der Waals surface area contributed by atoms with Gasteiger partial charge in [-0.2, -0.15) is 0 Å². The van der Waals surface area contributed by atoms with Gasteiger partial charge in [0.05, 0.1) is 0 Å². The van der Waals surface area contributed by atoms with Crippen LogP contribution in [0.15, 0.2) is 18.2 Å². The fourth-order valence-corrected chi connectivity index (χ4v) is 3.55. The van der Waals surface area contributed by atoms with E-state index in [0.29, 0.717) is 11.5 Å². The van der Waals surface area contributed by atoms with Gasteiger partial charge in [0.15, 0.2) is 0 Å². The molecule has 18 heavy (non-hydrogen) atoms. The molecule has 1 aliphatic carbocycles. The molecule has 98 valence electrons. The average molecular weight is 245 g/mol. The lowest BCUT2D eigenvalue weighted by Crippen LogP contribution is -2.42. The van der Waals surface area contributed by atoms with Gasteiger partial charge in [-0.1, -0.05) is 24.1 Å². The number of benzene rings is 1. The summed E-state index contributed by atoms with van der Waals surface area (Å²) >= 11 is 0. The largest absolute Gasteiger partial charge is 0.490 e. The molecule has 0 radical (unpaired) electrons. The summed E-state index contributed by atoms with van der Waals surface area (Å²) in [5.41, 5.74) is 3.25. The molecule has 1 saturated carbocycles. The van der Waals surface area contributed by atoms with Crippen LogP contribution in [0.4, 0.5) is 0 Å². The highest BCUT2D eigenvalue weighted by atomic mass is 16.5. The molecule has 1 unspecified atom stereocenters. The zero-order chi connectivity index (χ0) is 12.6. The molecule has 0 bridgehead atoms. The van der Waals surface area contributed by atoms with Crippen molar-refractivity contribution in [1.82, 2.24) is 5.32 Å². The van der Waals surface area contributed by atoms with Crippen molar-refractivity contribution >= 4 is 0 Å². The first kappa shape index (κ1) is 12.0. The summed E-state index contributed by atoms with van der Waals surface area (Å²) in [6.45, 7) is 3.30. The van der Waals surface area contributed by atoms with Gasteiger partial charge in [-0.3, -0.25) is 0 Å². The molecule has 0 spiro atoms. The van der Waals surface area contributed by atoms with E-state index in [1.165, 1.54) is 36.8 Å². The maximum atomic E-state index is 6.11. The minimum Gasteiger partial charge on any atom is -0.490 e. The summed E-state index contributed by atoms with van der Waals surface area (Å²) in [6.07, 6.45) is 6.83. The number of nitrogens with one attached hydrogen (secondary N) is 1. The van der Waals surface area contributed by atoms with Gasteiger partial charge in [-0.25, -0.2) is 0 Å². The van der Waals surface area contributed by atoms with Crippen LogP contribution in [-0.2, 0) is 6.42 Å². The number of aryl methyl sites for hydroxylation is 1. The van der Waals surface area contributed by atoms with E-state index in [4.69, 9.17) is 4.74 Å². The zero-order valence-corrected chi connectivity index (χ0v) is 11.5. The molecule has 0 aromatic heterocycles. The summed E-state index contributed by atoms with van der Waals surface area (Å²) in [5, 5.41) is 3.36. The molecule has 1 atom stereocenters. The van der Waals surface area contributed by atoms with Crippen LogP contribution in [0.25, 0.3) is 0 Å². The van der Waals surface area contributed by atoms with Gasteiger partial charge in [-0.05, 0) is 50.3 Å². The van der Waals surface area contributed by atoms with Crippen LogP contribution in [0.3, 0.4) is 0 Å². The summed E-state index contributed by atoms with van der Waals surface area (Å²) in [7, 11) is 2.06. The van der Waals surface area contributed by atoms with E-state index in [1.54, 1.807) is 0 Å². The van der Waals surface area contributed by atoms with Crippen LogP contribution < -0.4 is 10.1 Å². The lowest BCUT2D eigenvalue weighted by molar-refractivity contribution is 0.0627. The van der Waals surface area contributed by atoms with Crippen molar-refractivity contribution in [2.75, 3.05) is 13.6 Å². The first-order valence-electron chi connectivity index (χ1n) is 7.12. The van der Waals surface area contributed by atoms with E-state index in [1.807, 2.05) is 0 Å². The van der Waals surface area contributed by atoms with Crippen molar-refractivity contribution in [3.05, 3.63) is 29.3 Å². The highest BCUT2D eigenvalue weighted by Crippen LogP contribution is 2.46. The maximum absolute atomic E-state index is 6.11. The molecule has 1 aromatic rings. The van der Waals surface area contributed by atoms with Gasteiger partial charge in [0, 0.05) is 13.0 Å². The topological polar surface area (TPSA) is 21.3 Å². The van der Waals surface area contributed by atoms with E-state index in [2.05, 4.69) is 37.5 Å². The number of hydrogen-bond donors (Lipinski definition) is 1.